The molecule has 272 valence electrons. The topological polar surface area (TPSA) is 8.17 Å². The molecule has 11 aromatic rings. The van der Waals surface area contributed by atoms with E-state index in [9.17, 15) is 0 Å². The molecule has 0 saturated heterocycles. The van der Waals surface area contributed by atoms with Crippen LogP contribution >= 0.6 is 0 Å². The fourth-order valence-corrected chi connectivity index (χ4v) is 9.03. The Kier molecular flexibility index (Phi) is 8.19. The summed E-state index contributed by atoms with van der Waals surface area (Å²) in [5.74, 6) is 0. The summed E-state index contributed by atoms with van der Waals surface area (Å²) in [7, 11) is 0. The standard InChI is InChI=1S/C56H38N2/c1-5-18-40(19-6-1)54-48-27-14-13-26-46(48)47-37-34-42(38-50(47)55(54)41-20-7-2-8-21-41)39-32-35-45(36-33-39)57(43-22-9-3-10-23-43)52-30-17-31-53-56(52)49-28-15-16-29-51(49)58(53)44-24-11-4-12-25-44/h1-38H. The first-order chi connectivity index (χ1) is 28.8. The lowest BCUT2D eigenvalue weighted by atomic mass is 9.84. The molecule has 0 amide bonds. The number of rotatable bonds is 7. The van der Waals surface area contributed by atoms with Crippen LogP contribution in [0.2, 0.25) is 0 Å². The molecular weight excluding hydrogens is 701 g/mol. The van der Waals surface area contributed by atoms with E-state index in [0.29, 0.717) is 0 Å². The molecule has 0 aliphatic heterocycles. The van der Waals surface area contributed by atoms with Gasteiger partial charge in [-0.3, -0.25) is 0 Å². The Balaban J connectivity index is 1.09. The molecular formula is C56H38N2. The van der Waals surface area contributed by atoms with E-state index in [0.717, 1.165) is 22.7 Å². The molecule has 11 rings (SSSR count). The van der Waals surface area contributed by atoms with E-state index in [2.05, 4.69) is 240 Å². The lowest BCUT2D eigenvalue weighted by Crippen LogP contribution is -2.10. The van der Waals surface area contributed by atoms with Crippen molar-refractivity contribution in [3.8, 4) is 39.1 Å². The van der Waals surface area contributed by atoms with E-state index in [1.807, 2.05) is 0 Å². The number of fused-ring (bicyclic) bond motifs is 6. The van der Waals surface area contributed by atoms with E-state index in [-0.39, 0.29) is 0 Å². The molecule has 2 nitrogen and oxygen atoms in total. The molecule has 0 saturated carbocycles. The summed E-state index contributed by atoms with van der Waals surface area (Å²) in [5, 5.41) is 7.48. The summed E-state index contributed by atoms with van der Waals surface area (Å²) in [6.07, 6.45) is 0. The van der Waals surface area contributed by atoms with Gasteiger partial charge in [-0.05, 0) is 116 Å². The zero-order chi connectivity index (χ0) is 38.4. The Bertz CT molecular complexity index is 3240. The summed E-state index contributed by atoms with van der Waals surface area (Å²) in [6, 6.07) is 83.6. The van der Waals surface area contributed by atoms with Gasteiger partial charge < -0.3 is 9.47 Å². The Morgan fingerprint density at radius 1 is 0.293 bits per heavy atom. The van der Waals surface area contributed by atoms with Gasteiger partial charge in [0.1, 0.15) is 0 Å². The van der Waals surface area contributed by atoms with Gasteiger partial charge in [-0.15, -0.1) is 0 Å². The molecule has 1 heterocycles. The van der Waals surface area contributed by atoms with Crippen LogP contribution in [-0.4, -0.2) is 4.57 Å². The summed E-state index contributed by atoms with van der Waals surface area (Å²) in [4.78, 5) is 2.40. The van der Waals surface area contributed by atoms with E-state index >= 15 is 0 Å². The molecule has 10 aromatic carbocycles. The predicted molar refractivity (Wildman–Crippen MR) is 247 cm³/mol. The summed E-state index contributed by atoms with van der Waals surface area (Å²) >= 11 is 0. The maximum absolute atomic E-state index is 2.40. The minimum atomic E-state index is 1.10. The van der Waals surface area contributed by atoms with Crippen molar-refractivity contribution in [1.29, 1.82) is 0 Å². The fraction of sp³-hybridized carbons (Fsp3) is 0. The number of aromatic nitrogens is 1. The lowest BCUT2D eigenvalue weighted by Gasteiger charge is -2.26. The molecule has 0 N–H and O–H groups in total. The maximum Gasteiger partial charge on any atom is 0.0562 e. The van der Waals surface area contributed by atoms with E-state index in [1.54, 1.807) is 0 Å². The third kappa shape index (κ3) is 5.57. The first kappa shape index (κ1) is 33.6. The molecule has 0 spiro atoms. The van der Waals surface area contributed by atoms with Gasteiger partial charge in [-0.2, -0.15) is 0 Å². The SMILES string of the molecule is c1ccc(-c2c(-c3ccccc3)c3cc(-c4ccc(N(c5ccccc5)c5cccc6c5c5ccccc5n6-c5ccccc5)cc4)ccc3c3ccccc23)cc1. The second-order valence-corrected chi connectivity index (χ2v) is 14.9. The van der Waals surface area contributed by atoms with Gasteiger partial charge in [0.25, 0.3) is 0 Å². The largest absolute Gasteiger partial charge is 0.310 e. The van der Waals surface area contributed by atoms with Gasteiger partial charge in [-0.1, -0.05) is 170 Å². The van der Waals surface area contributed by atoms with Crippen molar-refractivity contribution in [2.24, 2.45) is 0 Å². The van der Waals surface area contributed by atoms with Crippen molar-refractivity contribution in [2.45, 2.75) is 0 Å². The van der Waals surface area contributed by atoms with Gasteiger partial charge in [0.05, 0.1) is 16.7 Å². The highest BCUT2D eigenvalue weighted by atomic mass is 15.1. The predicted octanol–water partition coefficient (Wildman–Crippen LogP) is 15.6. The maximum atomic E-state index is 2.40. The molecule has 0 aliphatic rings. The highest BCUT2D eigenvalue weighted by Crippen LogP contribution is 2.47. The molecule has 0 fully saturated rings. The summed E-state index contributed by atoms with van der Waals surface area (Å²) < 4.78 is 2.39. The highest BCUT2D eigenvalue weighted by Gasteiger charge is 2.22. The molecule has 0 radical (unpaired) electrons. The van der Waals surface area contributed by atoms with Crippen molar-refractivity contribution in [3.63, 3.8) is 0 Å². The Morgan fingerprint density at radius 2 is 0.793 bits per heavy atom. The lowest BCUT2D eigenvalue weighted by molar-refractivity contribution is 1.18. The van der Waals surface area contributed by atoms with Crippen LogP contribution in [-0.2, 0) is 0 Å². The smallest absolute Gasteiger partial charge is 0.0562 e. The van der Waals surface area contributed by atoms with Crippen molar-refractivity contribution in [3.05, 3.63) is 231 Å². The zero-order valence-electron chi connectivity index (χ0n) is 31.8. The number of anilines is 3. The van der Waals surface area contributed by atoms with Crippen LogP contribution in [0, 0.1) is 0 Å². The van der Waals surface area contributed by atoms with Crippen LogP contribution in [0.4, 0.5) is 17.1 Å². The van der Waals surface area contributed by atoms with Crippen molar-refractivity contribution >= 4 is 60.4 Å². The van der Waals surface area contributed by atoms with E-state index in [4.69, 9.17) is 0 Å². The first-order valence-corrected chi connectivity index (χ1v) is 19.9. The second kappa shape index (κ2) is 14.1. The Morgan fingerprint density at radius 3 is 1.48 bits per heavy atom. The fourth-order valence-electron chi connectivity index (χ4n) is 9.03. The Labute approximate surface area is 338 Å². The number of hydrogen-bond donors (Lipinski definition) is 0. The minimum Gasteiger partial charge on any atom is -0.310 e. The summed E-state index contributed by atoms with van der Waals surface area (Å²) in [5.41, 5.74) is 14.2. The average molecular weight is 739 g/mol. The number of para-hydroxylation sites is 3. The van der Waals surface area contributed by atoms with Gasteiger partial charge in [0, 0.05) is 27.8 Å². The van der Waals surface area contributed by atoms with Crippen LogP contribution in [0.15, 0.2) is 231 Å². The van der Waals surface area contributed by atoms with Crippen LogP contribution in [0.25, 0.3) is 82.4 Å². The molecule has 0 aliphatic carbocycles. The number of hydrogen-bond acceptors (Lipinski definition) is 1. The minimum absolute atomic E-state index is 1.10. The zero-order valence-corrected chi connectivity index (χ0v) is 31.8. The van der Waals surface area contributed by atoms with Gasteiger partial charge in [0.15, 0.2) is 0 Å². The van der Waals surface area contributed by atoms with Crippen LogP contribution < -0.4 is 4.90 Å². The third-order valence-electron chi connectivity index (χ3n) is 11.6. The van der Waals surface area contributed by atoms with Crippen molar-refractivity contribution in [2.75, 3.05) is 4.90 Å². The van der Waals surface area contributed by atoms with Crippen LogP contribution in [0.1, 0.15) is 0 Å². The molecule has 0 atom stereocenters. The molecule has 2 heteroatoms. The van der Waals surface area contributed by atoms with Crippen LogP contribution in [0.5, 0.6) is 0 Å². The second-order valence-electron chi connectivity index (χ2n) is 14.9. The van der Waals surface area contributed by atoms with Gasteiger partial charge in [-0.25, -0.2) is 0 Å². The highest BCUT2D eigenvalue weighted by molar-refractivity contribution is 6.22. The first-order valence-electron chi connectivity index (χ1n) is 19.9. The van der Waals surface area contributed by atoms with E-state index in [1.165, 1.54) is 76.7 Å². The quantitative estimate of drug-likeness (QED) is 0.148. The Hall–Kier alpha value is -7.68. The van der Waals surface area contributed by atoms with Gasteiger partial charge in [0.2, 0.25) is 0 Å². The van der Waals surface area contributed by atoms with E-state index < -0.39 is 0 Å². The molecule has 0 unspecified atom stereocenters. The van der Waals surface area contributed by atoms with Crippen molar-refractivity contribution < 1.29 is 0 Å². The normalized spacial score (nSPS) is 11.4. The van der Waals surface area contributed by atoms with Crippen LogP contribution in [0.3, 0.4) is 0 Å². The van der Waals surface area contributed by atoms with Gasteiger partial charge >= 0.3 is 0 Å². The average Bonchev–Trinajstić information content (AvgIpc) is 3.65. The monoisotopic (exact) mass is 738 g/mol. The molecule has 58 heavy (non-hydrogen) atoms. The number of nitrogens with zero attached hydrogens (tertiary/aromatic N) is 2. The third-order valence-corrected chi connectivity index (χ3v) is 11.6. The summed E-state index contributed by atoms with van der Waals surface area (Å²) in [6.45, 7) is 0. The molecule has 0 bridgehead atoms. The number of benzene rings is 10. The van der Waals surface area contributed by atoms with Crippen molar-refractivity contribution in [1.82, 2.24) is 4.57 Å². The molecule has 1 aromatic heterocycles.